The third-order valence-corrected chi connectivity index (χ3v) is 4.58. The Hall–Kier alpha value is -1.10. The van der Waals surface area contributed by atoms with Gasteiger partial charge in [-0.05, 0) is 38.6 Å². The standard InChI is InChI=1S/C15H27N3O2/c1-16-15(20)12-7-10-18(11-8-12)14(19)6-5-13-4-2-3-9-17-13/h12-13,17H,2-11H2,1H3,(H,16,20). The summed E-state index contributed by atoms with van der Waals surface area (Å²) in [5.41, 5.74) is 0. The van der Waals surface area contributed by atoms with E-state index in [0.717, 1.165) is 38.9 Å². The van der Waals surface area contributed by atoms with Crippen molar-refractivity contribution in [2.24, 2.45) is 5.92 Å². The Morgan fingerprint density at radius 1 is 1.20 bits per heavy atom. The molecule has 0 bridgehead atoms. The first-order valence-corrected chi connectivity index (χ1v) is 7.93. The summed E-state index contributed by atoms with van der Waals surface area (Å²) in [6, 6.07) is 0.524. The summed E-state index contributed by atoms with van der Waals surface area (Å²) < 4.78 is 0. The molecule has 2 rings (SSSR count). The van der Waals surface area contributed by atoms with Crippen molar-refractivity contribution in [1.82, 2.24) is 15.5 Å². The number of piperidine rings is 2. The average Bonchev–Trinajstić information content (AvgIpc) is 2.53. The van der Waals surface area contributed by atoms with Crippen molar-refractivity contribution in [3.05, 3.63) is 0 Å². The van der Waals surface area contributed by atoms with Crippen molar-refractivity contribution in [2.45, 2.75) is 51.0 Å². The third-order valence-electron chi connectivity index (χ3n) is 4.58. The molecule has 2 fully saturated rings. The van der Waals surface area contributed by atoms with Crippen molar-refractivity contribution >= 4 is 11.8 Å². The fraction of sp³-hybridized carbons (Fsp3) is 0.867. The minimum atomic E-state index is 0.0871. The second-order valence-corrected chi connectivity index (χ2v) is 5.95. The number of hydrogen-bond acceptors (Lipinski definition) is 3. The van der Waals surface area contributed by atoms with Crippen molar-refractivity contribution in [1.29, 1.82) is 0 Å². The number of carbonyl (C=O) groups is 2. The maximum Gasteiger partial charge on any atom is 0.222 e. The van der Waals surface area contributed by atoms with Crippen LogP contribution in [0.4, 0.5) is 0 Å². The normalized spacial score (nSPS) is 24.4. The lowest BCUT2D eigenvalue weighted by atomic mass is 9.95. The van der Waals surface area contributed by atoms with E-state index in [-0.39, 0.29) is 17.7 Å². The highest BCUT2D eigenvalue weighted by Crippen LogP contribution is 2.19. The molecule has 2 saturated heterocycles. The van der Waals surface area contributed by atoms with E-state index in [1.54, 1.807) is 7.05 Å². The minimum absolute atomic E-state index is 0.0871. The van der Waals surface area contributed by atoms with Crippen LogP contribution in [-0.4, -0.2) is 49.4 Å². The number of amides is 2. The van der Waals surface area contributed by atoms with Gasteiger partial charge in [-0.3, -0.25) is 9.59 Å². The fourth-order valence-corrected chi connectivity index (χ4v) is 3.22. The number of nitrogens with zero attached hydrogens (tertiary/aromatic N) is 1. The van der Waals surface area contributed by atoms with Gasteiger partial charge in [-0.1, -0.05) is 6.42 Å². The molecule has 0 aromatic carbocycles. The summed E-state index contributed by atoms with van der Waals surface area (Å²) in [6.45, 7) is 2.56. The van der Waals surface area contributed by atoms with Crippen LogP contribution in [-0.2, 0) is 9.59 Å². The van der Waals surface area contributed by atoms with Crippen LogP contribution in [0.1, 0.15) is 44.9 Å². The van der Waals surface area contributed by atoms with Gasteiger partial charge in [0, 0.05) is 38.5 Å². The van der Waals surface area contributed by atoms with Crippen LogP contribution in [0, 0.1) is 5.92 Å². The molecule has 2 amide bonds. The van der Waals surface area contributed by atoms with Gasteiger partial charge in [-0.25, -0.2) is 0 Å². The summed E-state index contributed by atoms with van der Waals surface area (Å²) in [6.07, 6.45) is 6.93. The molecule has 0 saturated carbocycles. The molecule has 1 unspecified atom stereocenters. The van der Waals surface area contributed by atoms with Crippen molar-refractivity contribution in [3.8, 4) is 0 Å². The molecule has 1 atom stereocenters. The van der Waals surface area contributed by atoms with Crippen LogP contribution in [0.2, 0.25) is 0 Å². The molecule has 0 radical (unpaired) electrons. The summed E-state index contributed by atoms with van der Waals surface area (Å²) in [4.78, 5) is 25.7. The first kappa shape index (κ1) is 15.3. The fourth-order valence-electron chi connectivity index (χ4n) is 3.22. The molecule has 0 spiro atoms. The van der Waals surface area contributed by atoms with E-state index < -0.39 is 0 Å². The molecule has 0 aliphatic carbocycles. The molecule has 2 aliphatic rings. The van der Waals surface area contributed by atoms with Crippen LogP contribution in [0.5, 0.6) is 0 Å². The van der Waals surface area contributed by atoms with E-state index in [0.29, 0.717) is 12.5 Å². The Balaban J connectivity index is 1.67. The number of carbonyl (C=O) groups excluding carboxylic acids is 2. The van der Waals surface area contributed by atoms with Crippen LogP contribution >= 0.6 is 0 Å². The summed E-state index contributed by atoms with van der Waals surface area (Å²) in [5, 5.41) is 6.18. The highest BCUT2D eigenvalue weighted by molar-refractivity contribution is 5.79. The predicted molar refractivity (Wildman–Crippen MR) is 78.2 cm³/mol. The molecular weight excluding hydrogens is 254 g/mol. The lowest BCUT2D eigenvalue weighted by Crippen LogP contribution is -2.43. The van der Waals surface area contributed by atoms with E-state index in [9.17, 15) is 9.59 Å². The number of rotatable bonds is 4. The van der Waals surface area contributed by atoms with E-state index in [2.05, 4.69) is 10.6 Å². The molecule has 114 valence electrons. The first-order chi connectivity index (χ1) is 9.70. The number of likely N-dealkylation sites (tertiary alicyclic amines) is 1. The lowest BCUT2D eigenvalue weighted by molar-refractivity contribution is -0.135. The van der Waals surface area contributed by atoms with E-state index in [4.69, 9.17) is 0 Å². The highest BCUT2D eigenvalue weighted by atomic mass is 16.2. The highest BCUT2D eigenvalue weighted by Gasteiger charge is 2.26. The Kier molecular flexibility index (Phi) is 5.83. The van der Waals surface area contributed by atoms with Gasteiger partial charge < -0.3 is 15.5 Å². The molecular formula is C15H27N3O2. The second-order valence-electron chi connectivity index (χ2n) is 5.95. The lowest BCUT2D eigenvalue weighted by Gasteiger charge is -2.32. The molecule has 2 N–H and O–H groups in total. The maximum atomic E-state index is 12.2. The molecule has 0 aromatic heterocycles. The monoisotopic (exact) mass is 281 g/mol. The molecule has 2 aliphatic heterocycles. The van der Waals surface area contributed by atoms with Gasteiger partial charge in [0.15, 0.2) is 0 Å². The van der Waals surface area contributed by atoms with Crippen molar-refractivity contribution < 1.29 is 9.59 Å². The van der Waals surface area contributed by atoms with E-state index in [1.807, 2.05) is 4.90 Å². The molecule has 0 aromatic rings. The van der Waals surface area contributed by atoms with E-state index >= 15 is 0 Å². The Labute approximate surface area is 121 Å². The van der Waals surface area contributed by atoms with Crippen LogP contribution < -0.4 is 10.6 Å². The van der Waals surface area contributed by atoms with Crippen LogP contribution in [0.25, 0.3) is 0 Å². The summed E-state index contributed by atoms with van der Waals surface area (Å²) in [7, 11) is 1.68. The smallest absolute Gasteiger partial charge is 0.222 e. The minimum Gasteiger partial charge on any atom is -0.359 e. The van der Waals surface area contributed by atoms with Gasteiger partial charge >= 0.3 is 0 Å². The summed E-state index contributed by atoms with van der Waals surface area (Å²) >= 11 is 0. The maximum absolute atomic E-state index is 12.2. The zero-order valence-electron chi connectivity index (χ0n) is 12.5. The van der Waals surface area contributed by atoms with Gasteiger partial charge in [0.05, 0.1) is 0 Å². The largest absolute Gasteiger partial charge is 0.359 e. The Morgan fingerprint density at radius 2 is 1.95 bits per heavy atom. The van der Waals surface area contributed by atoms with Crippen molar-refractivity contribution in [3.63, 3.8) is 0 Å². The average molecular weight is 281 g/mol. The topological polar surface area (TPSA) is 61.4 Å². The number of nitrogens with one attached hydrogen (secondary N) is 2. The second kappa shape index (κ2) is 7.62. The molecule has 5 heteroatoms. The zero-order valence-corrected chi connectivity index (χ0v) is 12.5. The summed E-state index contributed by atoms with van der Waals surface area (Å²) in [5.74, 6) is 0.459. The Bertz CT molecular complexity index is 332. The van der Waals surface area contributed by atoms with Gasteiger partial charge in [0.25, 0.3) is 0 Å². The molecule has 5 nitrogen and oxygen atoms in total. The molecule has 20 heavy (non-hydrogen) atoms. The SMILES string of the molecule is CNC(=O)C1CCN(C(=O)CCC2CCCCN2)CC1. The van der Waals surface area contributed by atoms with Crippen molar-refractivity contribution in [2.75, 3.05) is 26.7 Å². The predicted octanol–water partition coefficient (Wildman–Crippen LogP) is 0.893. The van der Waals surface area contributed by atoms with Gasteiger partial charge in [0.1, 0.15) is 0 Å². The van der Waals surface area contributed by atoms with E-state index in [1.165, 1.54) is 19.3 Å². The zero-order chi connectivity index (χ0) is 14.4. The first-order valence-electron chi connectivity index (χ1n) is 7.93. The number of hydrogen-bond donors (Lipinski definition) is 2. The van der Waals surface area contributed by atoms with Gasteiger partial charge in [0.2, 0.25) is 11.8 Å². The van der Waals surface area contributed by atoms with Crippen LogP contribution in [0.15, 0.2) is 0 Å². The quantitative estimate of drug-likeness (QED) is 0.804. The third kappa shape index (κ3) is 4.20. The van der Waals surface area contributed by atoms with Crippen LogP contribution in [0.3, 0.4) is 0 Å². The Morgan fingerprint density at radius 3 is 2.55 bits per heavy atom. The van der Waals surface area contributed by atoms with Gasteiger partial charge in [-0.15, -0.1) is 0 Å². The van der Waals surface area contributed by atoms with Gasteiger partial charge in [-0.2, -0.15) is 0 Å². The molecule has 2 heterocycles.